The van der Waals surface area contributed by atoms with Gasteiger partial charge in [0.05, 0.1) is 5.69 Å². The zero-order valence-corrected chi connectivity index (χ0v) is 34.5. The van der Waals surface area contributed by atoms with E-state index in [1.807, 2.05) is 0 Å². The van der Waals surface area contributed by atoms with Crippen molar-refractivity contribution in [2.45, 2.75) is 0 Å². The van der Waals surface area contributed by atoms with Crippen molar-refractivity contribution in [3.05, 3.63) is 249 Å². The molecular weight excluding hydrogens is 755 g/mol. The first-order valence-corrected chi connectivity index (χ1v) is 22.9. The molecule has 0 saturated heterocycles. The molecule has 0 atom stereocenters. The number of anilines is 3. The van der Waals surface area contributed by atoms with Crippen molar-refractivity contribution >= 4 is 78.6 Å². The van der Waals surface area contributed by atoms with Gasteiger partial charge in [-0.1, -0.05) is 200 Å². The Hall–Kier alpha value is -7.72. The number of hydrogen-bond acceptors (Lipinski definition) is 2. The van der Waals surface area contributed by atoms with Crippen LogP contribution in [0.5, 0.6) is 0 Å². The Labute approximate surface area is 357 Å². The molecule has 3 heteroatoms. The summed E-state index contributed by atoms with van der Waals surface area (Å²) in [5, 5.41) is 10.0. The molecule has 0 unspecified atom stereocenters. The topological polar surface area (TPSA) is 16.4 Å². The van der Waals surface area contributed by atoms with E-state index in [1.54, 1.807) is 0 Å². The van der Waals surface area contributed by atoms with Crippen LogP contribution in [0.1, 0.15) is 0 Å². The fraction of sp³-hybridized carbons (Fsp3) is 0. The Kier molecular flexibility index (Phi) is 9.22. The molecule has 0 aliphatic carbocycles. The van der Waals surface area contributed by atoms with Crippen molar-refractivity contribution in [3.8, 4) is 22.3 Å². The van der Waals surface area contributed by atoms with Crippen LogP contribution in [0.4, 0.5) is 17.1 Å². The van der Waals surface area contributed by atoms with Crippen LogP contribution in [0.2, 0.25) is 0 Å². The van der Waals surface area contributed by atoms with Crippen LogP contribution in [0, 0.1) is 0 Å². The third-order valence-corrected chi connectivity index (χ3v) is 17.0. The summed E-state index contributed by atoms with van der Waals surface area (Å²) in [5.74, 6) is 0. The van der Waals surface area contributed by atoms with Crippen molar-refractivity contribution < 1.29 is 4.42 Å². The van der Waals surface area contributed by atoms with E-state index in [1.165, 1.54) is 53.8 Å². The lowest BCUT2D eigenvalue weighted by molar-refractivity contribution is 0.669. The molecule has 0 aliphatic heterocycles. The molecule has 0 aliphatic rings. The van der Waals surface area contributed by atoms with Gasteiger partial charge >= 0.3 is 0 Å². The van der Waals surface area contributed by atoms with Crippen LogP contribution in [-0.2, 0) is 0 Å². The lowest BCUT2D eigenvalue weighted by Gasteiger charge is -2.34. The minimum Gasteiger partial charge on any atom is -0.456 e. The molecule has 0 saturated carbocycles. The highest BCUT2D eigenvalue weighted by molar-refractivity contribution is 7.19. The first-order chi connectivity index (χ1) is 30.2. The molecule has 0 spiro atoms. The molecule has 0 N–H and O–H groups in total. The summed E-state index contributed by atoms with van der Waals surface area (Å²) in [6, 6.07) is 90.6. The average Bonchev–Trinajstić information content (AvgIpc) is 3.71. The average molecular weight is 796 g/mol. The maximum absolute atomic E-state index is 6.43. The number of furan rings is 1. The van der Waals surface area contributed by atoms with Gasteiger partial charge in [0.1, 0.15) is 11.2 Å². The van der Waals surface area contributed by atoms with E-state index in [0.29, 0.717) is 0 Å². The second-order valence-electron chi connectivity index (χ2n) is 15.7. The van der Waals surface area contributed by atoms with Gasteiger partial charge in [-0.2, -0.15) is 0 Å². The van der Waals surface area contributed by atoms with E-state index in [-0.39, 0.29) is 0 Å². The van der Waals surface area contributed by atoms with E-state index < -0.39 is 8.07 Å². The van der Waals surface area contributed by atoms with Crippen molar-refractivity contribution in [2.24, 2.45) is 0 Å². The molecule has 1 heterocycles. The SMILES string of the molecule is c1ccc(-c2ccc3oc4ccc(N(c5ccc(-c6cccc([Si](c7ccccc7)(c7ccccc7)c7ccccc7)c6)cc5)c5cccc6ccccc56)cc4c3c2)cc1. The molecule has 2 nitrogen and oxygen atoms in total. The largest absolute Gasteiger partial charge is 0.456 e. The fourth-order valence-electron chi connectivity index (χ4n) is 9.34. The number of hydrogen-bond donors (Lipinski definition) is 0. The summed E-state index contributed by atoms with van der Waals surface area (Å²) in [5.41, 5.74) is 9.74. The van der Waals surface area contributed by atoms with Crippen molar-refractivity contribution in [1.82, 2.24) is 0 Å². The molecule has 11 rings (SSSR count). The van der Waals surface area contributed by atoms with Gasteiger partial charge in [0, 0.05) is 27.5 Å². The van der Waals surface area contributed by atoms with Gasteiger partial charge in [0.25, 0.3) is 0 Å². The van der Waals surface area contributed by atoms with Crippen molar-refractivity contribution in [2.75, 3.05) is 4.90 Å². The minimum atomic E-state index is -2.68. The minimum absolute atomic E-state index is 0.873. The maximum atomic E-state index is 6.43. The highest BCUT2D eigenvalue weighted by Crippen LogP contribution is 2.42. The van der Waals surface area contributed by atoms with Gasteiger partial charge < -0.3 is 9.32 Å². The smallest absolute Gasteiger partial charge is 0.179 e. The van der Waals surface area contributed by atoms with Crippen LogP contribution >= 0.6 is 0 Å². The Bertz CT molecular complexity index is 3190. The van der Waals surface area contributed by atoms with Crippen LogP contribution in [0.25, 0.3) is 55.0 Å². The van der Waals surface area contributed by atoms with Gasteiger partial charge in [-0.15, -0.1) is 0 Å². The summed E-state index contributed by atoms with van der Waals surface area (Å²) in [4.78, 5) is 2.39. The van der Waals surface area contributed by atoms with E-state index in [9.17, 15) is 0 Å². The fourth-order valence-corrected chi connectivity index (χ4v) is 14.1. The standard InChI is InChI=1S/C58H41NOSi/c1-5-17-42(18-6-1)46-33-37-57-54(40-46)55-41-48(36-38-58(55)60-57)59(56-30-16-20-44-19-13-14-29-53(44)56)47-34-31-43(32-35-47)45-21-15-28-52(39-45)61(49-22-7-2-8-23-49,50-24-9-3-10-25-50)51-26-11-4-12-27-51/h1-41H. The zero-order chi connectivity index (χ0) is 40.6. The van der Waals surface area contributed by atoms with E-state index in [4.69, 9.17) is 4.42 Å². The molecule has 0 bridgehead atoms. The monoisotopic (exact) mass is 795 g/mol. The Morgan fingerprint density at radius 2 is 0.754 bits per heavy atom. The van der Waals surface area contributed by atoms with E-state index >= 15 is 0 Å². The molecule has 288 valence electrons. The summed E-state index contributed by atoms with van der Waals surface area (Å²) < 4.78 is 6.43. The summed E-state index contributed by atoms with van der Waals surface area (Å²) in [6.45, 7) is 0. The van der Waals surface area contributed by atoms with Crippen LogP contribution in [0.3, 0.4) is 0 Å². The molecule has 1 aromatic heterocycles. The molecular formula is C58H41NOSi. The van der Waals surface area contributed by atoms with E-state index in [0.717, 1.165) is 39.0 Å². The van der Waals surface area contributed by atoms with Crippen LogP contribution < -0.4 is 25.6 Å². The molecule has 10 aromatic carbocycles. The van der Waals surface area contributed by atoms with Crippen molar-refractivity contribution in [3.63, 3.8) is 0 Å². The summed E-state index contributed by atoms with van der Waals surface area (Å²) in [7, 11) is -2.68. The second-order valence-corrected chi connectivity index (χ2v) is 19.5. The Morgan fingerprint density at radius 1 is 0.295 bits per heavy atom. The Balaban J connectivity index is 1.05. The highest BCUT2D eigenvalue weighted by atomic mass is 28.3. The second kappa shape index (κ2) is 15.5. The van der Waals surface area contributed by atoms with Gasteiger partial charge in [-0.05, 0) is 96.9 Å². The molecule has 0 fully saturated rings. The molecule has 0 radical (unpaired) electrons. The number of fused-ring (bicyclic) bond motifs is 4. The van der Waals surface area contributed by atoms with Crippen molar-refractivity contribution in [1.29, 1.82) is 0 Å². The van der Waals surface area contributed by atoms with Gasteiger partial charge in [-0.25, -0.2) is 0 Å². The zero-order valence-electron chi connectivity index (χ0n) is 33.5. The summed E-state index contributed by atoms with van der Waals surface area (Å²) >= 11 is 0. The number of nitrogens with zero attached hydrogens (tertiary/aromatic N) is 1. The van der Waals surface area contributed by atoms with Gasteiger partial charge in [0.15, 0.2) is 8.07 Å². The third-order valence-electron chi connectivity index (χ3n) is 12.2. The summed E-state index contributed by atoms with van der Waals surface area (Å²) in [6.07, 6.45) is 0. The van der Waals surface area contributed by atoms with Gasteiger partial charge in [-0.3, -0.25) is 0 Å². The Morgan fingerprint density at radius 3 is 1.43 bits per heavy atom. The van der Waals surface area contributed by atoms with Gasteiger partial charge in [0.2, 0.25) is 0 Å². The lowest BCUT2D eigenvalue weighted by Crippen LogP contribution is -2.74. The third kappa shape index (κ3) is 6.44. The van der Waals surface area contributed by atoms with E-state index in [2.05, 4.69) is 254 Å². The quantitative estimate of drug-likeness (QED) is 0.107. The predicted molar refractivity (Wildman–Crippen MR) is 260 cm³/mol. The predicted octanol–water partition coefficient (Wildman–Crippen LogP) is 12.9. The highest BCUT2D eigenvalue weighted by Gasteiger charge is 2.41. The lowest BCUT2D eigenvalue weighted by atomic mass is 10.0. The van der Waals surface area contributed by atoms with Crippen LogP contribution in [0.15, 0.2) is 253 Å². The molecule has 0 amide bonds. The number of rotatable bonds is 9. The molecule has 11 aromatic rings. The first kappa shape index (κ1) is 36.4. The first-order valence-electron chi connectivity index (χ1n) is 20.9. The number of benzene rings is 10. The normalized spacial score (nSPS) is 11.6. The van der Waals surface area contributed by atoms with Crippen LogP contribution in [-0.4, -0.2) is 8.07 Å². The maximum Gasteiger partial charge on any atom is 0.179 e. The molecule has 61 heavy (non-hydrogen) atoms.